The van der Waals surface area contributed by atoms with Gasteiger partial charge in [-0.15, -0.1) is 0 Å². The van der Waals surface area contributed by atoms with Crippen LogP contribution in [0.25, 0.3) is 0 Å². The Kier molecular flexibility index (Phi) is 10.6. The molecule has 7 nitrogen and oxygen atoms in total. The Hall–Kier alpha value is -2.58. The molecule has 2 amide bonds. The number of hydrogen-bond acceptors (Lipinski definition) is 4. The van der Waals surface area contributed by atoms with Gasteiger partial charge in [0.05, 0.1) is 11.9 Å². The predicted octanol–water partition coefficient (Wildman–Crippen LogP) is 4.38. The topological polar surface area (TPSA) is 86.8 Å². The molecule has 0 aliphatic heterocycles. The van der Waals surface area contributed by atoms with E-state index in [0.717, 1.165) is 17.4 Å². The number of amides is 2. The zero-order chi connectivity index (χ0) is 26.2. The van der Waals surface area contributed by atoms with Crippen molar-refractivity contribution in [2.75, 3.05) is 23.7 Å². The summed E-state index contributed by atoms with van der Waals surface area (Å²) >= 11 is 6.04. The Labute approximate surface area is 214 Å². The van der Waals surface area contributed by atoms with E-state index in [2.05, 4.69) is 5.32 Å². The van der Waals surface area contributed by atoms with Crippen molar-refractivity contribution in [2.45, 2.75) is 53.1 Å². The van der Waals surface area contributed by atoms with Gasteiger partial charge in [0.25, 0.3) is 0 Å². The molecule has 0 radical (unpaired) electrons. The quantitative estimate of drug-likeness (QED) is 0.449. The number of nitrogens with one attached hydrogen (secondary N) is 1. The molecule has 0 saturated carbocycles. The third-order valence-corrected chi connectivity index (χ3v) is 7.00. The van der Waals surface area contributed by atoms with Gasteiger partial charge in [0.1, 0.15) is 6.04 Å². The molecule has 2 aromatic rings. The summed E-state index contributed by atoms with van der Waals surface area (Å²) in [5.41, 5.74) is 2.48. The van der Waals surface area contributed by atoms with Crippen molar-refractivity contribution in [2.24, 2.45) is 5.92 Å². The number of rotatable bonds is 12. The van der Waals surface area contributed by atoms with Crippen molar-refractivity contribution in [1.29, 1.82) is 0 Å². The Bertz CT molecular complexity index is 1100. The van der Waals surface area contributed by atoms with Gasteiger partial charge in [0.15, 0.2) is 0 Å². The van der Waals surface area contributed by atoms with E-state index in [1.54, 1.807) is 36.1 Å². The maximum atomic E-state index is 13.3. The van der Waals surface area contributed by atoms with E-state index in [4.69, 9.17) is 11.6 Å². The average Bonchev–Trinajstić information content (AvgIpc) is 2.78. The Morgan fingerprint density at radius 1 is 1.06 bits per heavy atom. The highest BCUT2D eigenvalue weighted by molar-refractivity contribution is 7.92. The van der Waals surface area contributed by atoms with E-state index in [9.17, 15) is 18.0 Å². The van der Waals surface area contributed by atoms with Gasteiger partial charge in [-0.3, -0.25) is 13.9 Å². The number of carbonyl (C=O) groups is 2. The number of anilines is 1. The summed E-state index contributed by atoms with van der Waals surface area (Å²) in [5, 5.41) is 3.33. The van der Waals surface area contributed by atoms with Gasteiger partial charge >= 0.3 is 0 Å². The second-order valence-corrected chi connectivity index (χ2v) is 11.6. The molecule has 0 aliphatic carbocycles. The van der Waals surface area contributed by atoms with Crippen LogP contribution in [0.3, 0.4) is 0 Å². The van der Waals surface area contributed by atoms with E-state index >= 15 is 0 Å². The molecule has 0 heterocycles. The maximum Gasteiger partial charge on any atom is 0.242 e. The molecule has 9 heteroatoms. The van der Waals surface area contributed by atoms with Gasteiger partial charge in [0.2, 0.25) is 21.8 Å². The monoisotopic (exact) mass is 521 g/mol. The molecule has 0 unspecified atom stereocenters. The number of halogens is 1. The predicted molar refractivity (Wildman–Crippen MR) is 142 cm³/mol. The van der Waals surface area contributed by atoms with Crippen molar-refractivity contribution in [1.82, 2.24) is 10.2 Å². The van der Waals surface area contributed by atoms with Crippen LogP contribution in [0.4, 0.5) is 5.69 Å². The summed E-state index contributed by atoms with van der Waals surface area (Å²) in [5.74, 6) is -0.131. The van der Waals surface area contributed by atoms with E-state index in [-0.39, 0.29) is 24.8 Å². The third kappa shape index (κ3) is 9.18. The molecule has 0 aliphatic rings. The van der Waals surface area contributed by atoms with E-state index in [1.807, 2.05) is 45.0 Å². The van der Waals surface area contributed by atoms with Gasteiger partial charge < -0.3 is 10.2 Å². The molecule has 1 N–H and O–H groups in total. The van der Waals surface area contributed by atoms with E-state index in [1.165, 1.54) is 4.31 Å². The fourth-order valence-electron chi connectivity index (χ4n) is 3.56. The molecule has 0 aromatic heterocycles. The molecule has 35 heavy (non-hydrogen) atoms. The number of nitrogens with zero attached hydrogens (tertiary/aromatic N) is 2. The second-order valence-electron chi connectivity index (χ2n) is 9.24. The molecule has 2 rings (SSSR count). The minimum atomic E-state index is -3.57. The summed E-state index contributed by atoms with van der Waals surface area (Å²) in [6.45, 7) is 8.66. The van der Waals surface area contributed by atoms with Gasteiger partial charge in [-0.05, 0) is 49.9 Å². The minimum absolute atomic E-state index is 0.0975. The molecule has 2 aromatic carbocycles. The van der Waals surface area contributed by atoms with Crippen LogP contribution in [-0.2, 0) is 26.2 Å². The molecule has 0 spiro atoms. The number of aryl methyl sites for hydroxylation is 1. The molecule has 0 fully saturated rings. The van der Waals surface area contributed by atoms with Crippen molar-refractivity contribution in [3.63, 3.8) is 0 Å². The molecule has 0 saturated heterocycles. The van der Waals surface area contributed by atoms with Crippen molar-refractivity contribution in [3.8, 4) is 0 Å². The first-order valence-electron chi connectivity index (χ1n) is 11.7. The molecule has 192 valence electrons. The lowest BCUT2D eigenvalue weighted by Gasteiger charge is -2.29. The highest BCUT2D eigenvalue weighted by Gasteiger charge is 2.26. The number of hydrogen-bond donors (Lipinski definition) is 1. The van der Waals surface area contributed by atoms with Gasteiger partial charge in [0, 0.05) is 31.1 Å². The van der Waals surface area contributed by atoms with Crippen molar-refractivity contribution < 1.29 is 18.0 Å². The Morgan fingerprint density at radius 3 is 2.29 bits per heavy atom. The van der Waals surface area contributed by atoms with Gasteiger partial charge in [-0.1, -0.05) is 61.3 Å². The maximum absolute atomic E-state index is 13.3. The fourth-order valence-corrected chi connectivity index (χ4v) is 4.70. The lowest BCUT2D eigenvalue weighted by Crippen LogP contribution is -2.48. The summed E-state index contributed by atoms with van der Waals surface area (Å²) in [4.78, 5) is 27.6. The number of carbonyl (C=O) groups excluding carboxylic acids is 2. The molecular weight excluding hydrogens is 486 g/mol. The van der Waals surface area contributed by atoms with Crippen molar-refractivity contribution >= 4 is 39.1 Å². The number of sulfonamides is 1. The second kappa shape index (κ2) is 12.9. The molecule has 0 bridgehead atoms. The number of benzene rings is 2. The van der Waals surface area contributed by atoms with Crippen molar-refractivity contribution in [3.05, 3.63) is 64.7 Å². The lowest BCUT2D eigenvalue weighted by molar-refractivity contribution is -0.140. The average molecular weight is 522 g/mol. The summed E-state index contributed by atoms with van der Waals surface area (Å²) in [6.07, 6.45) is 1.52. The summed E-state index contributed by atoms with van der Waals surface area (Å²) in [6, 6.07) is 13.8. The van der Waals surface area contributed by atoms with Crippen LogP contribution in [-0.4, -0.2) is 50.5 Å². The van der Waals surface area contributed by atoms with E-state index in [0.29, 0.717) is 36.1 Å². The van der Waals surface area contributed by atoms with Crippen LogP contribution < -0.4 is 9.62 Å². The SMILES string of the molecule is Cc1ccc(CN(C(=O)CCCN(c2cccc(Cl)c2)S(C)(=O)=O)[C@H](C)C(=O)NCC(C)C)cc1. The van der Waals surface area contributed by atoms with Crippen LogP contribution in [0.5, 0.6) is 0 Å². The first-order chi connectivity index (χ1) is 16.4. The standard InChI is InChI=1S/C26H36ClN3O4S/c1-19(2)17-28-26(32)21(4)29(18-22-13-11-20(3)12-14-22)25(31)10-7-15-30(35(5,33)34)24-9-6-8-23(27)16-24/h6,8-9,11-14,16,19,21H,7,10,15,17-18H2,1-5H3,(H,28,32)/t21-/m1/s1. The van der Waals surface area contributed by atoms with Crippen LogP contribution >= 0.6 is 11.6 Å². The van der Waals surface area contributed by atoms with Gasteiger partial charge in [-0.2, -0.15) is 0 Å². The van der Waals surface area contributed by atoms with E-state index < -0.39 is 16.1 Å². The normalized spacial score (nSPS) is 12.3. The highest BCUT2D eigenvalue weighted by Crippen LogP contribution is 2.22. The van der Waals surface area contributed by atoms with Crippen LogP contribution in [0.15, 0.2) is 48.5 Å². The largest absolute Gasteiger partial charge is 0.354 e. The summed E-state index contributed by atoms with van der Waals surface area (Å²) in [7, 11) is -3.57. The molecular formula is C26H36ClN3O4S. The zero-order valence-electron chi connectivity index (χ0n) is 21.1. The zero-order valence-corrected chi connectivity index (χ0v) is 22.7. The first kappa shape index (κ1) is 28.7. The smallest absolute Gasteiger partial charge is 0.242 e. The highest BCUT2D eigenvalue weighted by atomic mass is 35.5. The van der Waals surface area contributed by atoms with Crippen LogP contribution in [0.1, 0.15) is 44.7 Å². The van der Waals surface area contributed by atoms with Crippen LogP contribution in [0.2, 0.25) is 5.02 Å². The Morgan fingerprint density at radius 2 is 1.71 bits per heavy atom. The van der Waals surface area contributed by atoms with Gasteiger partial charge in [-0.25, -0.2) is 8.42 Å². The first-order valence-corrected chi connectivity index (χ1v) is 14.0. The van der Waals surface area contributed by atoms with Crippen LogP contribution in [0, 0.1) is 12.8 Å². The Balaban J connectivity index is 2.15. The lowest BCUT2D eigenvalue weighted by atomic mass is 10.1. The molecule has 1 atom stereocenters. The summed E-state index contributed by atoms with van der Waals surface area (Å²) < 4.78 is 26.0. The third-order valence-electron chi connectivity index (χ3n) is 5.57. The minimum Gasteiger partial charge on any atom is -0.354 e. The fraction of sp³-hybridized carbons (Fsp3) is 0.462.